The molecule has 78 valence electrons. The fraction of sp³-hybridized carbons (Fsp3) is 0.375. The fourth-order valence-corrected chi connectivity index (χ4v) is 1.78. The van der Waals surface area contributed by atoms with Crippen LogP contribution in [0.5, 0.6) is 0 Å². The Bertz CT molecular complexity index is 635. The Morgan fingerprint density at radius 2 is 2.20 bits per heavy atom. The summed E-state index contributed by atoms with van der Waals surface area (Å²) < 4.78 is 6.94. The zero-order valence-electron chi connectivity index (χ0n) is 7.74. The number of hydrogen-bond donors (Lipinski definition) is 2. The van der Waals surface area contributed by atoms with Gasteiger partial charge in [-0.15, -0.1) is 0 Å². The maximum absolute atomic E-state index is 11.5. The molecule has 0 atom stereocenters. The Morgan fingerprint density at radius 3 is 3.07 bits per heavy atom. The van der Waals surface area contributed by atoms with Crippen molar-refractivity contribution in [1.29, 1.82) is 0 Å². The summed E-state index contributed by atoms with van der Waals surface area (Å²) >= 11 is 0. The summed E-state index contributed by atoms with van der Waals surface area (Å²) in [5.74, 6) is 0. The van der Waals surface area contributed by atoms with Gasteiger partial charge in [0.05, 0.1) is 25.5 Å². The summed E-state index contributed by atoms with van der Waals surface area (Å²) in [4.78, 5) is 27.2. The van der Waals surface area contributed by atoms with E-state index in [1.54, 1.807) is 4.68 Å². The molecule has 2 N–H and O–H groups in total. The Kier molecular flexibility index (Phi) is 1.57. The highest BCUT2D eigenvalue weighted by Gasteiger charge is 2.18. The number of ether oxygens (including phenoxy) is 1. The zero-order chi connectivity index (χ0) is 10.4. The summed E-state index contributed by atoms with van der Waals surface area (Å²) in [6, 6.07) is 0. The Labute approximate surface area is 82.7 Å². The van der Waals surface area contributed by atoms with Crippen molar-refractivity contribution in [3.05, 3.63) is 26.5 Å². The quantitative estimate of drug-likeness (QED) is 0.577. The normalized spacial score (nSPS) is 15.5. The van der Waals surface area contributed by atoms with Crippen LogP contribution in [0.1, 0.15) is 5.69 Å². The van der Waals surface area contributed by atoms with Gasteiger partial charge in [0.2, 0.25) is 0 Å². The molecule has 0 aromatic carbocycles. The van der Waals surface area contributed by atoms with Crippen molar-refractivity contribution in [2.45, 2.75) is 13.2 Å². The van der Waals surface area contributed by atoms with Gasteiger partial charge in [0.25, 0.3) is 5.56 Å². The van der Waals surface area contributed by atoms with Gasteiger partial charge in [-0.3, -0.25) is 19.4 Å². The van der Waals surface area contributed by atoms with Crippen LogP contribution in [0.25, 0.3) is 11.0 Å². The van der Waals surface area contributed by atoms with E-state index in [0.29, 0.717) is 36.5 Å². The summed E-state index contributed by atoms with van der Waals surface area (Å²) in [5, 5.41) is 4.55. The van der Waals surface area contributed by atoms with E-state index in [0.717, 1.165) is 0 Å². The SMILES string of the molecule is O=c1[nH]c(=O)c2c3n(nc2[nH]1)CCOC3. The second kappa shape index (κ2) is 2.80. The molecule has 0 amide bonds. The van der Waals surface area contributed by atoms with Crippen LogP contribution < -0.4 is 11.2 Å². The van der Waals surface area contributed by atoms with Crippen molar-refractivity contribution in [3.8, 4) is 0 Å². The van der Waals surface area contributed by atoms with E-state index in [2.05, 4.69) is 15.1 Å². The predicted molar refractivity (Wildman–Crippen MR) is 50.6 cm³/mol. The van der Waals surface area contributed by atoms with Crippen LogP contribution in [-0.2, 0) is 17.9 Å². The van der Waals surface area contributed by atoms with Gasteiger partial charge in [-0.1, -0.05) is 0 Å². The average molecular weight is 208 g/mol. The van der Waals surface area contributed by atoms with E-state index in [9.17, 15) is 9.59 Å². The molecule has 3 rings (SSSR count). The van der Waals surface area contributed by atoms with Gasteiger partial charge >= 0.3 is 5.69 Å². The maximum atomic E-state index is 11.5. The van der Waals surface area contributed by atoms with Gasteiger partial charge in [0, 0.05) is 0 Å². The molecule has 0 fully saturated rings. The molecule has 1 aliphatic rings. The molecule has 1 aliphatic heterocycles. The first-order chi connectivity index (χ1) is 7.25. The van der Waals surface area contributed by atoms with Crippen LogP contribution in [0.3, 0.4) is 0 Å². The first-order valence-electron chi connectivity index (χ1n) is 4.55. The van der Waals surface area contributed by atoms with Crippen molar-refractivity contribution in [2.75, 3.05) is 6.61 Å². The smallest absolute Gasteiger partial charge is 0.327 e. The van der Waals surface area contributed by atoms with Crippen LogP contribution in [0, 0.1) is 0 Å². The predicted octanol–water partition coefficient (Wildman–Crippen LogP) is -1.06. The molecular formula is C8H8N4O3. The van der Waals surface area contributed by atoms with Crippen LogP contribution in [0.2, 0.25) is 0 Å². The standard InChI is InChI=1S/C8H8N4O3/c13-7-5-4-3-15-2-1-12(4)11-6(5)9-8(14)10-7/h1-3H2,(H2,9,10,11,13,14). The van der Waals surface area contributed by atoms with Crippen molar-refractivity contribution >= 4 is 11.0 Å². The molecule has 0 unspecified atom stereocenters. The van der Waals surface area contributed by atoms with E-state index >= 15 is 0 Å². The number of nitrogens with zero attached hydrogens (tertiary/aromatic N) is 2. The lowest BCUT2D eigenvalue weighted by Crippen LogP contribution is -2.22. The molecule has 7 nitrogen and oxygen atoms in total. The highest BCUT2D eigenvalue weighted by molar-refractivity contribution is 5.76. The summed E-state index contributed by atoms with van der Waals surface area (Å²) in [7, 11) is 0. The van der Waals surface area contributed by atoms with Crippen molar-refractivity contribution in [1.82, 2.24) is 19.7 Å². The lowest BCUT2D eigenvalue weighted by Gasteiger charge is -2.13. The maximum Gasteiger partial charge on any atom is 0.327 e. The highest BCUT2D eigenvalue weighted by atomic mass is 16.5. The Hall–Kier alpha value is -1.89. The summed E-state index contributed by atoms with van der Waals surface area (Å²) in [6.07, 6.45) is 0. The van der Waals surface area contributed by atoms with Gasteiger partial charge in [0.15, 0.2) is 5.65 Å². The second-order valence-corrected chi connectivity index (χ2v) is 3.35. The number of aromatic amines is 2. The molecule has 15 heavy (non-hydrogen) atoms. The second-order valence-electron chi connectivity index (χ2n) is 3.35. The minimum atomic E-state index is -0.538. The van der Waals surface area contributed by atoms with E-state index in [1.807, 2.05) is 0 Å². The van der Waals surface area contributed by atoms with E-state index < -0.39 is 11.2 Å². The lowest BCUT2D eigenvalue weighted by molar-refractivity contribution is 0.0811. The van der Waals surface area contributed by atoms with Crippen LogP contribution in [0.4, 0.5) is 0 Å². The molecule has 0 bridgehead atoms. The van der Waals surface area contributed by atoms with E-state index in [-0.39, 0.29) is 0 Å². The number of nitrogens with one attached hydrogen (secondary N) is 2. The highest BCUT2D eigenvalue weighted by Crippen LogP contribution is 2.15. The van der Waals surface area contributed by atoms with Gasteiger partial charge in [-0.2, -0.15) is 5.10 Å². The van der Waals surface area contributed by atoms with E-state index in [4.69, 9.17) is 4.74 Å². The largest absolute Gasteiger partial charge is 0.373 e. The Morgan fingerprint density at radius 1 is 1.33 bits per heavy atom. The van der Waals surface area contributed by atoms with Crippen LogP contribution >= 0.6 is 0 Å². The number of H-pyrrole nitrogens is 2. The van der Waals surface area contributed by atoms with Crippen molar-refractivity contribution in [2.24, 2.45) is 0 Å². The molecule has 0 aliphatic carbocycles. The molecule has 2 aromatic rings. The molecule has 0 spiro atoms. The topological polar surface area (TPSA) is 92.8 Å². The van der Waals surface area contributed by atoms with Crippen molar-refractivity contribution < 1.29 is 4.74 Å². The zero-order valence-corrected chi connectivity index (χ0v) is 7.74. The summed E-state index contributed by atoms with van der Waals surface area (Å²) in [5.41, 5.74) is 0.0855. The van der Waals surface area contributed by atoms with Gasteiger partial charge in [0.1, 0.15) is 5.39 Å². The number of hydrogen-bond acceptors (Lipinski definition) is 4. The van der Waals surface area contributed by atoms with Gasteiger partial charge in [-0.25, -0.2) is 4.79 Å². The molecule has 2 aromatic heterocycles. The van der Waals surface area contributed by atoms with Crippen molar-refractivity contribution in [3.63, 3.8) is 0 Å². The number of fused-ring (bicyclic) bond motifs is 3. The summed E-state index contributed by atoms with van der Waals surface area (Å²) in [6.45, 7) is 1.53. The van der Waals surface area contributed by atoms with E-state index in [1.165, 1.54) is 0 Å². The first kappa shape index (κ1) is 8.42. The lowest BCUT2D eigenvalue weighted by atomic mass is 10.3. The third-order valence-corrected chi connectivity index (χ3v) is 2.43. The number of rotatable bonds is 0. The van der Waals surface area contributed by atoms with Gasteiger partial charge < -0.3 is 4.74 Å². The fourth-order valence-electron chi connectivity index (χ4n) is 1.78. The monoisotopic (exact) mass is 208 g/mol. The molecule has 7 heteroatoms. The molecular weight excluding hydrogens is 200 g/mol. The first-order valence-corrected chi connectivity index (χ1v) is 4.55. The van der Waals surface area contributed by atoms with Gasteiger partial charge in [-0.05, 0) is 0 Å². The molecule has 0 saturated heterocycles. The Balaban J connectivity index is 2.47. The average Bonchev–Trinajstić information content (AvgIpc) is 2.54. The van der Waals surface area contributed by atoms with Crippen LogP contribution in [0.15, 0.2) is 9.59 Å². The molecule has 0 radical (unpaired) electrons. The number of aromatic nitrogens is 4. The third-order valence-electron chi connectivity index (χ3n) is 2.43. The molecule has 3 heterocycles. The minimum absolute atomic E-state index is 0.323. The molecule has 0 saturated carbocycles. The minimum Gasteiger partial charge on any atom is -0.373 e. The third kappa shape index (κ3) is 1.13. The van der Waals surface area contributed by atoms with Crippen LogP contribution in [-0.4, -0.2) is 26.4 Å².